The van der Waals surface area contributed by atoms with Gasteiger partial charge in [0.15, 0.2) is 17.4 Å². The van der Waals surface area contributed by atoms with Gasteiger partial charge >= 0.3 is 0 Å². The number of rotatable bonds is 4. The van der Waals surface area contributed by atoms with E-state index < -0.39 is 5.82 Å². The van der Waals surface area contributed by atoms with Crippen molar-refractivity contribution in [1.29, 1.82) is 0 Å². The van der Waals surface area contributed by atoms with E-state index in [4.69, 9.17) is 12.2 Å². The summed E-state index contributed by atoms with van der Waals surface area (Å²) in [5, 5.41) is 16.5. The molecule has 5 heteroatoms. The van der Waals surface area contributed by atoms with Gasteiger partial charge in [0.1, 0.15) is 5.82 Å². The van der Waals surface area contributed by atoms with Crippen LogP contribution in [0.3, 0.4) is 0 Å². The summed E-state index contributed by atoms with van der Waals surface area (Å²) in [7, 11) is 0. The Morgan fingerprint density at radius 3 is 2.03 bits per heavy atom. The maximum absolute atomic E-state index is 13.3. The molecule has 0 saturated heterocycles. The Bertz CT molecular complexity index is 1060. The number of benzene rings is 2. The molecule has 0 aliphatic carbocycles. The van der Waals surface area contributed by atoms with Crippen molar-refractivity contribution in [3.8, 4) is 0 Å². The van der Waals surface area contributed by atoms with E-state index in [9.17, 15) is 9.50 Å². The van der Waals surface area contributed by atoms with Crippen LogP contribution < -0.4 is 15.0 Å². The van der Waals surface area contributed by atoms with Crippen LogP contribution in [-0.2, 0) is 5.41 Å². The van der Waals surface area contributed by atoms with Crippen LogP contribution in [0, 0.1) is 12.7 Å². The Balaban J connectivity index is 2.06. The average Bonchev–Trinajstić information content (AvgIpc) is 2.70. The summed E-state index contributed by atoms with van der Waals surface area (Å²) in [6, 6.07) is 17.2. The quantitative estimate of drug-likeness (QED) is 0.284. The van der Waals surface area contributed by atoms with E-state index in [0.29, 0.717) is 16.2 Å². The number of nitrogens with zero attached hydrogens (tertiary/aromatic N) is 1. The van der Waals surface area contributed by atoms with Crippen LogP contribution in [0.2, 0.25) is 0 Å². The molecule has 0 radical (unpaired) electrons. The lowest BCUT2D eigenvalue weighted by atomic mass is 9.88. The minimum absolute atomic E-state index is 0.0130. The Labute approximate surface area is 182 Å². The van der Waals surface area contributed by atoms with Crippen LogP contribution in [0.5, 0.6) is 0 Å². The normalized spacial score (nSPS) is 12.3. The third-order valence-corrected chi connectivity index (χ3v) is 5.10. The molecule has 0 spiro atoms. The summed E-state index contributed by atoms with van der Waals surface area (Å²) >= 11 is 5.62. The molecule has 0 amide bonds. The predicted molar refractivity (Wildman–Crippen MR) is 122 cm³/mol. The average molecular weight is 421 g/mol. The molecule has 0 bridgehead atoms. The van der Waals surface area contributed by atoms with Gasteiger partial charge in [0, 0.05) is 17.8 Å². The van der Waals surface area contributed by atoms with Crippen molar-refractivity contribution < 1.29 is 14.1 Å². The molecule has 0 atom stereocenters. The molecule has 3 rings (SSSR count). The van der Waals surface area contributed by atoms with Crippen molar-refractivity contribution in [2.24, 2.45) is 0 Å². The number of anilines is 1. The first-order chi connectivity index (χ1) is 14.1. The van der Waals surface area contributed by atoms with E-state index in [1.807, 2.05) is 55.7 Å². The van der Waals surface area contributed by atoms with Crippen molar-refractivity contribution in [3.05, 3.63) is 95.6 Å². The third-order valence-electron chi connectivity index (χ3n) is 4.80. The third kappa shape index (κ3) is 5.10. The van der Waals surface area contributed by atoms with Crippen LogP contribution in [-0.4, -0.2) is 4.99 Å². The minimum Gasteiger partial charge on any atom is -0.867 e. The molecular weight excluding hydrogens is 395 g/mol. The second kappa shape index (κ2) is 8.76. The monoisotopic (exact) mass is 420 g/mol. The molecule has 0 aliphatic rings. The van der Waals surface area contributed by atoms with Gasteiger partial charge in [-0.1, -0.05) is 62.8 Å². The van der Waals surface area contributed by atoms with Gasteiger partial charge in [-0.2, -0.15) is 4.57 Å². The van der Waals surface area contributed by atoms with Crippen molar-refractivity contribution in [2.45, 2.75) is 33.1 Å². The van der Waals surface area contributed by atoms with Gasteiger partial charge in [0.25, 0.3) is 0 Å². The highest BCUT2D eigenvalue weighted by atomic mass is 32.1. The smallest absolute Gasteiger partial charge is 0.238 e. The molecule has 1 heterocycles. The molecule has 30 heavy (non-hydrogen) atoms. The van der Waals surface area contributed by atoms with E-state index in [-0.39, 0.29) is 11.2 Å². The molecule has 0 aliphatic heterocycles. The van der Waals surface area contributed by atoms with Crippen molar-refractivity contribution in [1.82, 2.24) is 0 Å². The summed E-state index contributed by atoms with van der Waals surface area (Å²) in [5.74, 6) is -0.677. The molecule has 154 valence electrons. The molecular formula is C25H25FN2OS. The topological polar surface area (TPSA) is 39.0 Å². The van der Waals surface area contributed by atoms with Crippen LogP contribution in [0.1, 0.15) is 37.5 Å². The standard InChI is InChI=1S/C25H25FN2OS/c1-17-5-11-21(12-6-17)27-24(30)22(23(29)18-7-9-20(26)10-8-18)28-15-13-19(14-16-28)25(2,3)4/h5-16H,1-4H3,(H-,27,29,30). The van der Waals surface area contributed by atoms with Crippen molar-refractivity contribution in [3.63, 3.8) is 0 Å². The number of hydrogen-bond acceptors (Lipinski definition) is 2. The van der Waals surface area contributed by atoms with E-state index in [1.165, 1.54) is 24.3 Å². The van der Waals surface area contributed by atoms with Crippen LogP contribution in [0.4, 0.5) is 10.1 Å². The molecule has 3 aromatic rings. The molecule has 3 nitrogen and oxygen atoms in total. The number of thiocarbonyl (C=S) groups is 1. The lowest BCUT2D eigenvalue weighted by Crippen LogP contribution is -2.40. The van der Waals surface area contributed by atoms with E-state index in [2.05, 4.69) is 26.1 Å². The van der Waals surface area contributed by atoms with Crippen LogP contribution in [0.15, 0.2) is 73.1 Å². The second-order valence-electron chi connectivity index (χ2n) is 8.25. The van der Waals surface area contributed by atoms with Crippen molar-refractivity contribution >= 4 is 34.3 Å². The first-order valence-electron chi connectivity index (χ1n) is 9.72. The SMILES string of the molecule is Cc1ccc(NC(=S)C(=C([O-])c2ccc(F)cc2)[n+]2ccc(C(C)(C)C)cc2)cc1. The molecule has 1 N–H and O–H groups in total. The molecule has 0 fully saturated rings. The van der Waals surface area contributed by atoms with E-state index >= 15 is 0 Å². The van der Waals surface area contributed by atoms with Gasteiger partial charge in [0.2, 0.25) is 5.70 Å². The van der Waals surface area contributed by atoms with Crippen LogP contribution in [0.25, 0.3) is 11.5 Å². The molecule has 2 aromatic carbocycles. The zero-order valence-corrected chi connectivity index (χ0v) is 18.4. The van der Waals surface area contributed by atoms with Gasteiger partial charge < -0.3 is 10.4 Å². The summed E-state index contributed by atoms with van der Waals surface area (Å²) in [6.45, 7) is 8.39. The Hall–Kier alpha value is -3.05. The van der Waals surface area contributed by atoms with Crippen molar-refractivity contribution in [2.75, 3.05) is 5.32 Å². The lowest BCUT2D eigenvalue weighted by molar-refractivity contribution is -0.577. The summed E-state index contributed by atoms with van der Waals surface area (Å²) < 4.78 is 15.1. The summed E-state index contributed by atoms with van der Waals surface area (Å²) in [6.07, 6.45) is 3.67. The second-order valence-corrected chi connectivity index (χ2v) is 8.66. The number of aromatic nitrogens is 1. The Kier molecular flexibility index (Phi) is 6.32. The van der Waals surface area contributed by atoms with E-state index in [1.54, 1.807) is 4.57 Å². The van der Waals surface area contributed by atoms with Gasteiger partial charge in [-0.3, -0.25) is 0 Å². The fraction of sp³-hybridized carbons (Fsp3) is 0.200. The minimum atomic E-state index is -0.393. The summed E-state index contributed by atoms with van der Waals surface area (Å²) in [5.41, 5.74) is 3.72. The fourth-order valence-corrected chi connectivity index (χ4v) is 3.29. The maximum atomic E-state index is 13.3. The number of halogens is 1. The first kappa shape index (κ1) is 21.7. The molecule has 1 aromatic heterocycles. The highest BCUT2D eigenvalue weighted by molar-refractivity contribution is 7.81. The Morgan fingerprint density at radius 2 is 1.50 bits per heavy atom. The number of aryl methyl sites for hydroxylation is 1. The number of hydrogen-bond donors (Lipinski definition) is 1. The molecule has 0 saturated carbocycles. The van der Waals surface area contributed by atoms with E-state index in [0.717, 1.165) is 16.8 Å². The van der Waals surface area contributed by atoms with Gasteiger partial charge in [-0.05, 0) is 53.5 Å². The number of pyridine rings is 1. The summed E-state index contributed by atoms with van der Waals surface area (Å²) in [4.78, 5) is 0.293. The highest BCUT2D eigenvalue weighted by Crippen LogP contribution is 2.22. The lowest BCUT2D eigenvalue weighted by Gasteiger charge is -2.19. The predicted octanol–water partition coefficient (Wildman–Crippen LogP) is 4.84. The largest absolute Gasteiger partial charge is 0.867 e. The van der Waals surface area contributed by atoms with Crippen LogP contribution >= 0.6 is 12.2 Å². The Morgan fingerprint density at radius 1 is 0.933 bits per heavy atom. The number of nitrogens with one attached hydrogen (secondary N) is 1. The van der Waals surface area contributed by atoms with Gasteiger partial charge in [0.05, 0.1) is 0 Å². The van der Waals surface area contributed by atoms with Gasteiger partial charge in [-0.15, -0.1) is 0 Å². The maximum Gasteiger partial charge on any atom is 0.238 e. The molecule has 0 unspecified atom stereocenters. The van der Waals surface area contributed by atoms with Gasteiger partial charge in [-0.25, -0.2) is 4.39 Å². The zero-order chi connectivity index (χ0) is 21.9. The fourth-order valence-electron chi connectivity index (χ4n) is 2.98. The first-order valence-corrected chi connectivity index (χ1v) is 10.1. The zero-order valence-electron chi connectivity index (χ0n) is 17.6. The highest BCUT2D eigenvalue weighted by Gasteiger charge is 2.21.